The van der Waals surface area contributed by atoms with Crippen molar-refractivity contribution < 1.29 is 14.2 Å². The van der Waals surface area contributed by atoms with Crippen LogP contribution in [0.3, 0.4) is 0 Å². The van der Waals surface area contributed by atoms with Crippen molar-refractivity contribution in [3.63, 3.8) is 0 Å². The average molecular weight is 319 g/mol. The third-order valence-corrected chi connectivity index (χ3v) is 6.07. The number of hydrogen-bond donors (Lipinski definition) is 1. The number of aliphatic hydroxyl groups is 1. The molecule has 0 heterocycles. The Kier molecular flexibility index (Phi) is 5.41. The Hall–Kier alpha value is -1.61. The molecule has 0 fully saturated rings. The Morgan fingerprint density at radius 2 is 1.68 bits per heavy atom. The van der Waals surface area contributed by atoms with Crippen LogP contribution >= 0.6 is 7.37 Å². The minimum atomic E-state index is -3.40. The molecule has 0 aliphatic rings. The first-order chi connectivity index (χ1) is 10.5. The monoisotopic (exact) mass is 319 g/mol. The minimum Gasteiger partial charge on any atom is -0.378 e. The van der Waals surface area contributed by atoms with Gasteiger partial charge < -0.3 is 14.5 Å². The van der Waals surface area contributed by atoms with E-state index in [2.05, 4.69) is 0 Å². The number of anilines is 1. The fraction of sp³-hybridized carbons (Fsp3) is 0.294. The van der Waals surface area contributed by atoms with Gasteiger partial charge in [0, 0.05) is 25.1 Å². The highest BCUT2D eigenvalue weighted by molar-refractivity contribution is 7.67. The molecule has 5 heteroatoms. The van der Waals surface area contributed by atoms with Crippen LogP contribution < -0.4 is 10.2 Å². The van der Waals surface area contributed by atoms with E-state index in [9.17, 15) is 9.67 Å². The molecule has 2 aromatic rings. The summed E-state index contributed by atoms with van der Waals surface area (Å²) in [5, 5.41) is 11.1. The third kappa shape index (κ3) is 3.41. The lowest BCUT2D eigenvalue weighted by Crippen LogP contribution is -2.16. The number of aliphatic hydroxyl groups excluding tert-OH is 1. The van der Waals surface area contributed by atoms with Crippen LogP contribution in [-0.2, 0) is 9.09 Å². The number of hydrogen-bond acceptors (Lipinski definition) is 4. The predicted molar refractivity (Wildman–Crippen MR) is 91.0 cm³/mol. The lowest BCUT2D eigenvalue weighted by atomic mass is 10.2. The fourth-order valence-electron chi connectivity index (χ4n) is 2.26. The first-order valence-electron chi connectivity index (χ1n) is 7.24. The maximum atomic E-state index is 13.3. The molecule has 0 amide bonds. The molecule has 4 nitrogen and oxygen atoms in total. The average Bonchev–Trinajstić information content (AvgIpc) is 2.55. The SMILES string of the molecule is CCO[P@](=O)(c1ccc(N(C)C)cc1)[C@H](O)c1ccccc1. The highest BCUT2D eigenvalue weighted by atomic mass is 31.2. The molecule has 118 valence electrons. The van der Waals surface area contributed by atoms with E-state index in [4.69, 9.17) is 4.52 Å². The van der Waals surface area contributed by atoms with Crippen LogP contribution in [0, 0.1) is 0 Å². The Morgan fingerprint density at radius 1 is 1.09 bits per heavy atom. The second kappa shape index (κ2) is 7.10. The van der Waals surface area contributed by atoms with E-state index in [-0.39, 0.29) is 6.61 Å². The van der Waals surface area contributed by atoms with E-state index in [0.29, 0.717) is 10.9 Å². The van der Waals surface area contributed by atoms with Crippen molar-refractivity contribution in [1.29, 1.82) is 0 Å². The molecule has 0 saturated heterocycles. The Bertz CT molecular complexity index is 641. The van der Waals surface area contributed by atoms with Crippen molar-refractivity contribution in [2.75, 3.05) is 25.6 Å². The molecule has 0 aliphatic carbocycles. The van der Waals surface area contributed by atoms with Crippen molar-refractivity contribution in [2.45, 2.75) is 12.8 Å². The predicted octanol–water partition coefficient (Wildman–Crippen LogP) is 3.38. The second-order valence-corrected chi connectivity index (χ2v) is 7.67. The summed E-state index contributed by atoms with van der Waals surface area (Å²) in [7, 11) is 0.483. The lowest BCUT2D eigenvalue weighted by molar-refractivity contribution is 0.218. The first-order valence-corrected chi connectivity index (χ1v) is 8.93. The van der Waals surface area contributed by atoms with E-state index in [1.165, 1.54) is 0 Å². The quantitative estimate of drug-likeness (QED) is 0.829. The van der Waals surface area contributed by atoms with Gasteiger partial charge in [-0.05, 0) is 36.8 Å². The molecule has 2 rings (SSSR count). The van der Waals surface area contributed by atoms with Gasteiger partial charge in [-0.15, -0.1) is 0 Å². The van der Waals surface area contributed by atoms with Gasteiger partial charge in [0.15, 0.2) is 5.85 Å². The zero-order valence-corrected chi connectivity index (χ0v) is 14.0. The zero-order valence-electron chi connectivity index (χ0n) is 13.1. The van der Waals surface area contributed by atoms with Gasteiger partial charge in [-0.3, -0.25) is 4.57 Å². The summed E-state index contributed by atoms with van der Waals surface area (Å²) in [5.74, 6) is -1.17. The molecular weight excluding hydrogens is 297 g/mol. The maximum absolute atomic E-state index is 13.3. The van der Waals surface area contributed by atoms with Gasteiger partial charge in [-0.1, -0.05) is 30.3 Å². The summed E-state index contributed by atoms with van der Waals surface area (Å²) in [6.07, 6.45) is 0. The molecule has 0 aromatic heterocycles. The molecule has 0 unspecified atom stereocenters. The number of rotatable bonds is 6. The summed E-state index contributed by atoms with van der Waals surface area (Å²) in [6, 6.07) is 16.3. The minimum absolute atomic E-state index is 0.274. The molecule has 22 heavy (non-hydrogen) atoms. The smallest absolute Gasteiger partial charge is 0.264 e. The topological polar surface area (TPSA) is 49.8 Å². The van der Waals surface area contributed by atoms with E-state index in [1.807, 2.05) is 49.3 Å². The zero-order chi connectivity index (χ0) is 16.2. The Balaban J connectivity index is 2.41. The molecule has 0 bridgehead atoms. The summed E-state index contributed by atoms with van der Waals surface area (Å²) < 4.78 is 18.8. The van der Waals surface area contributed by atoms with Crippen molar-refractivity contribution in [2.24, 2.45) is 0 Å². The van der Waals surface area contributed by atoms with Crippen LogP contribution in [0.15, 0.2) is 54.6 Å². The van der Waals surface area contributed by atoms with Gasteiger partial charge in [0.2, 0.25) is 0 Å². The van der Waals surface area contributed by atoms with E-state index >= 15 is 0 Å². The number of nitrogens with zero attached hydrogens (tertiary/aromatic N) is 1. The Labute approximate surface area is 131 Å². The van der Waals surface area contributed by atoms with Crippen LogP contribution in [-0.4, -0.2) is 25.8 Å². The summed E-state index contributed by atoms with van der Waals surface area (Å²) in [4.78, 5) is 1.96. The maximum Gasteiger partial charge on any atom is 0.264 e. The van der Waals surface area contributed by atoms with Gasteiger partial charge in [-0.2, -0.15) is 0 Å². The largest absolute Gasteiger partial charge is 0.378 e. The summed E-state index contributed by atoms with van der Waals surface area (Å²) in [6.45, 7) is 2.05. The number of benzene rings is 2. The van der Waals surface area contributed by atoms with Gasteiger partial charge >= 0.3 is 0 Å². The van der Waals surface area contributed by atoms with Crippen molar-refractivity contribution in [3.05, 3.63) is 60.2 Å². The van der Waals surface area contributed by atoms with Crippen LogP contribution in [0.5, 0.6) is 0 Å². The highest BCUT2D eigenvalue weighted by Gasteiger charge is 2.35. The van der Waals surface area contributed by atoms with E-state index < -0.39 is 13.2 Å². The van der Waals surface area contributed by atoms with Gasteiger partial charge in [0.25, 0.3) is 7.37 Å². The normalized spacial score (nSPS) is 15.1. The lowest BCUT2D eigenvalue weighted by Gasteiger charge is -2.24. The van der Waals surface area contributed by atoms with Gasteiger partial charge in [0.05, 0.1) is 6.61 Å². The van der Waals surface area contributed by atoms with Crippen molar-refractivity contribution in [3.8, 4) is 0 Å². The van der Waals surface area contributed by atoms with Crippen LogP contribution in [0.2, 0.25) is 0 Å². The van der Waals surface area contributed by atoms with Crippen LogP contribution in [0.4, 0.5) is 5.69 Å². The van der Waals surface area contributed by atoms with Gasteiger partial charge in [0.1, 0.15) is 0 Å². The molecule has 2 atom stereocenters. The molecular formula is C17H22NO3P. The van der Waals surface area contributed by atoms with Gasteiger partial charge in [-0.25, -0.2) is 0 Å². The van der Waals surface area contributed by atoms with E-state index in [1.54, 1.807) is 31.2 Å². The molecule has 0 spiro atoms. The molecule has 0 radical (unpaired) electrons. The highest BCUT2D eigenvalue weighted by Crippen LogP contribution is 2.57. The Morgan fingerprint density at radius 3 is 2.18 bits per heavy atom. The first kappa shape index (κ1) is 16.8. The summed E-state index contributed by atoms with van der Waals surface area (Å²) >= 11 is 0. The fourth-order valence-corrected chi connectivity index (χ4v) is 4.34. The van der Waals surface area contributed by atoms with Crippen molar-refractivity contribution >= 4 is 18.4 Å². The standard InChI is InChI=1S/C17H22NO3P/c1-4-21-22(20,17(19)14-8-6-5-7-9-14)16-12-10-15(11-13-16)18(2)3/h5-13,17,19H,4H2,1-3H3/t17-,22+/m0/s1. The summed E-state index contributed by atoms with van der Waals surface area (Å²) in [5.41, 5.74) is 1.59. The van der Waals surface area contributed by atoms with Crippen molar-refractivity contribution in [1.82, 2.24) is 0 Å². The van der Waals surface area contributed by atoms with E-state index in [0.717, 1.165) is 5.69 Å². The van der Waals surface area contributed by atoms with Crippen LogP contribution in [0.25, 0.3) is 0 Å². The molecule has 1 N–H and O–H groups in total. The molecule has 0 saturated carbocycles. The van der Waals surface area contributed by atoms with Crippen LogP contribution in [0.1, 0.15) is 18.3 Å². The second-order valence-electron chi connectivity index (χ2n) is 5.21. The molecule has 0 aliphatic heterocycles. The third-order valence-electron chi connectivity index (χ3n) is 3.47. The molecule has 2 aromatic carbocycles.